The summed E-state index contributed by atoms with van der Waals surface area (Å²) in [5, 5.41) is 22.8. The molecule has 0 fully saturated rings. The number of rotatable bonds is 8. The summed E-state index contributed by atoms with van der Waals surface area (Å²) in [5.41, 5.74) is -1.83. The van der Waals surface area contributed by atoms with Gasteiger partial charge in [0.15, 0.2) is 0 Å². The molecule has 0 saturated carbocycles. The topological polar surface area (TPSA) is 80.3 Å². The van der Waals surface area contributed by atoms with E-state index in [-0.39, 0.29) is 82.2 Å². The fourth-order valence-electron chi connectivity index (χ4n) is 2.21. The molecular formula is C15H18KLiO4. The van der Waals surface area contributed by atoms with Crippen molar-refractivity contribution < 1.29 is 90.0 Å². The molecule has 0 bridgehead atoms. The molecule has 0 N–H and O–H groups in total. The van der Waals surface area contributed by atoms with E-state index in [1.54, 1.807) is 18.2 Å². The molecule has 0 radical (unpaired) electrons. The van der Waals surface area contributed by atoms with Gasteiger partial charge in [-0.1, -0.05) is 62.9 Å². The van der Waals surface area contributed by atoms with Crippen molar-refractivity contribution in [1.29, 1.82) is 0 Å². The summed E-state index contributed by atoms with van der Waals surface area (Å²) in [6.45, 7) is 2.03. The first-order valence-corrected chi connectivity index (χ1v) is 6.54. The fourth-order valence-corrected chi connectivity index (χ4v) is 2.21. The molecule has 0 aliphatic rings. The Kier molecular flexibility index (Phi) is 13.4. The predicted molar refractivity (Wildman–Crippen MR) is 66.9 cm³/mol. The second-order valence-corrected chi connectivity index (χ2v) is 4.66. The Balaban J connectivity index is 0. The minimum absolute atomic E-state index is 0. The van der Waals surface area contributed by atoms with Crippen LogP contribution in [0.15, 0.2) is 30.3 Å². The maximum Gasteiger partial charge on any atom is 1.00 e. The molecule has 1 aromatic rings. The van der Waals surface area contributed by atoms with E-state index < -0.39 is 17.4 Å². The second kappa shape index (κ2) is 11.9. The van der Waals surface area contributed by atoms with Crippen LogP contribution in [0.5, 0.6) is 0 Å². The van der Waals surface area contributed by atoms with Gasteiger partial charge in [0, 0.05) is 0 Å². The number of aliphatic carboxylic acids is 2. The van der Waals surface area contributed by atoms with Crippen LogP contribution in [0.3, 0.4) is 0 Å². The average molecular weight is 308 g/mol. The van der Waals surface area contributed by atoms with Gasteiger partial charge in [-0.05, 0) is 12.0 Å². The third kappa shape index (κ3) is 6.19. The Morgan fingerprint density at radius 2 is 1.52 bits per heavy atom. The average Bonchev–Trinajstić information content (AvgIpc) is 2.39. The zero-order valence-corrected chi connectivity index (χ0v) is 16.2. The summed E-state index contributed by atoms with van der Waals surface area (Å²) < 4.78 is 0. The maximum absolute atomic E-state index is 11.4. The third-order valence-corrected chi connectivity index (χ3v) is 3.37. The molecule has 4 nitrogen and oxygen atoms in total. The largest absolute Gasteiger partial charge is 1.00 e. The van der Waals surface area contributed by atoms with Crippen LogP contribution in [0.25, 0.3) is 0 Å². The van der Waals surface area contributed by atoms with Crippen molar-refractivity contribution in [2.45, 2.75) is 44.4 Å². The summed E-state index contributed by atoms with van der Waals surface area (Å²) in [4.78, 5) is 22.8. The van der Waals surface area contributed by atoms with Crippen molar-refractivity contribution in [1.82, 2.24) is 0 Å². The number of unbranched alkanes of at least 4 members (excludes halogenated alkanes) is 3. The standard InChI is InChI=1S/C15H20O4.K.Li/c1-2-3-4-8-11-15(13(16)17,14(18)19)12-9-6-5-7-10-12;;/h5-7,9-10H,2-4,8,11H2,1H3,(H,16,17)(H,18,19);;/q;2*+1/p-2. The first-order chi connectivity index (χ1) is 9.05. The Labute approximate surface area is 180 Å². The van der Waals surface area contributed by atoms with Crippen LogP contribution in [0.4, 0.5) is 0 Å². The number of hydrogen-bond donors (Lipinski definition) is 0. The normalized spacial score (nSPS) is 10.1. The summed E-state index contributed by atoms with van der Waals surface area (Å²) in [7, 11) is 0. The Morgan fingerprint density at radius 1 is 1.00 bits per heavy atom. The van der Waals surface area contributed by atoms with E-state index in [1.165, 1.54) is 12.1 Å². The summed E-state index contributed by atoms with van der Waals surface area (Å²) in [6, 6.07) is 7.91. The van der Waals surface area contributed by atoms with Gasteiger partial charge in [-0.25, -0.2) is 0 Å². The van der Waals surface area contributed by atoms with Gasteiger partial charge in [-0.2, -0.15) is 0 Å². The first-order valence-electron chi connectivity index (χ1n) is 6.54. The van der Waals surface area contributed by atoms with Crippen molar-refractivity contribution in [3.05, 3.63) is 35.9 Å². The first kappa shape index (κ1) is 23.7. The van der Waals surface area contributed by atoms with Crippen LogP contribution < -0.4 is 80.5 Å². The number of carboxylic acid groups (broad SMARTS) is 2. The minimum Gasteiger partial charge on any atom is -0.549 e. The number of carbonyl (C=O) groups excluding carboxylic acids is 2. The van der Waals surface area contributed by atoms with E-state index >= 15 is 0 Å². The van der Waals surface area contributed by atoms with Crippen molar-refractivity contribution in [2.75, 3.05) is 0 Å². The fraction of sp³-hybridized carbons (Fsp3) is 0.467. The molecular weight excluding hydrogens is 290 g/mol. The SMILES string of the molecule is CCCCCCC(C(=O)[O-])(C(=O)[O-])c1ccccc1.[K+].[Li+]. The molecule has 0 saturated heterocycles. The zero-order chi connectivity index (χ0) is 14.3. The monoisotopic (exact) mass is 308 g/mol. The number of carboxylic acids is 2. The van der Waals surface area contributed by atoms with E-state index in [0.717, 1.165) is 19.3 Å². The van der Waals surface area contributed by atoms with Crippen LogP contribution >= 0.6 is 0 Å². The van der Waals surface area contributed by atoms with Gasteiger partial charge in [-0.15, -0.1) is 0 Å². The van der Waals surface area contributed by atoms with Crippen LogP contribution in [0, 0.1) is 0 Å². The van der Waals surface area contributed by atoms with Crippen molar-refractivity contribution in [3.63, 3.8) is 0 Å². The summed E-state index contributed by atoms with van der Waals surface area (Å²) >= 11 is 0. The molecule has 1 aromatic carbocycles. The van der Waals surface area contributed by atoms with Gasteiger partial charge in [0.25, 0.3) is 0 Å². The minimum atomic E-state index is -2.05. The Morgan fingerprint density at radius 3 is 1.95 bits per heavy atom. The molecule has 0 amide bonds. The molecule has 0 unspecified atom stereocenters. The number of benzene rings is 1. The van der Waals surface area contributed by atoms with Gasteiger partial charge >= 0.3 is 70.2 Å². The van der Waals surface area contributed by atoms with Crippen molar-refractivity contribution in [2.24, 2.45) is 0 Å². The third-order valence-electron chi connectivity index (χ3n) is 3.37. The van der Waals surface area contributed by atoms with Gasteiger partial charge in [0.1, 0.15) is 0 Å². The molecule has 6 heteroatoms. The van der Waals surface area contributed by atoms with E-state index in [9.17, 15) is 19.8 Å². The molecule has 0 spiro atoms. The van der Waals surface area contributed by atoms with Crippen LogP contribution in [0.1, 0.15) is 44.6 Å². The molecule has 0 aromatic heterocycles. The smallest absolute Gasteiger partial charge is 0.549 e. The molecule has 0 atom stereocenters. The van der Waals surface area contributed by atoms with Crippen LogP contribution in [0.2, 0.25) is 0 Å². The van der Waals surface area contributed by atoms with Crippen molar-refractivity contribution >= 4 is 11.9 Å². The number of carbonyl (C=O) groups is 2. The molecule has 1 rings (SSSR count). The van der Waals surface area contributed by atoms with Crippen molar-refractivity contribution in [3.8, 4) is 0 Å². The number of hydrogen-bond acceptors (Lipinski definition) is 4. The molecule has 21 heavy (non-hydrogen) atoms. The van der Waals surface area contributed by atoms with Gasteiger partial charge in [-0.3, -0.25) is 0 Å². The maximum atomic E-state index is 11.4. The molecule has 0 aliphatic carbocycles. The van der Waals surface area contributed by atoms with E-state index in [1.807, 2.05) is 6.92 Å². The van der Waals surface area contributed by atoms with Gasteiger partial charge in [0.05, 0.1) is 17.4 Å². The molecule has 0 aliphatic heterocycles. The van der Waals surface area contributed by atoms with E-state index in [2.05, 4.69) is 0 Å². The van der Waals surface area contributed by atoms with E-state index in [4.69, 9.17) is 0 Å². The molecule has 0 heterocycles. The Hall–Kier alpha value is 0.394. The summed E-state index contributed by atoms with van der Waals surface area (Å²) in [6.07, 6.45) is 3.26. The van der Waals surface area contributed by atoms with Gasteiger partial charge in [0.2, 0.25) is 0 Å². The van der Waals surface area contributed by atoms with E-state index in [0.29, 0.717) is 6.42 Å². The van der Waals surface area contributed by atoms with Gasteiger partial charge < -0.3 is 19.8 Å². The molecule has 104 valence electrons. The summed E-state index contributed by atoms with van der Waals surface area (Å²) in [5.74, 6) is -3.20. The Bertz CT molecular complexity index is 423. The van der Waals surface area contributed by atoms with Crippen LogP contribution in [-0.4, -0.2) is 11.9 Å². The quantitative estimate of drug-likeness (QED) is 0.272. The zero-order valence-electron chi connectivity index (χ0n) is 13.1. The second-order valence-electron chi connectivity index (χ2n) is 4.66. The predicted octanol–water partition coefficient (Wildman–Crippen LogP) is -5.60. The van der Waals surface area contributed by atoms with Crippen LogP contribution in [-0.2, 0) is 15.0 Å².